The molecular weight excluding hydrogens is 244 g/mol. The summed E-state index contributed by atoms with van der Waals surface area (Å²) in [5.41, 5.74) is 9.13. The van der Waals surface area contributed by atoms with Crippen LogP contribution >= 0.6 is 0 Å². The minimum Gasteiger partial charge on any atom is -0.327 e. The van der Waals surface area contributed by atoms with Gasteiger partial charge in [0.15, 0.2) is 0 Å². The number of hydrogen-bond acceptors (Lipinski definition) is 2. The zero-order valence-electron chi connectivity index (χ0n) is 13.0. The molecule has 0 aromatic heterocycles. The summed E-state index contributed by atoms with van der Waals surface area (Å²) in [6.45, 7) is 9.28. The number of hydrogen-bond donors (Lipinski definition) is 1. The normalized spacial score (nSPS) is 31.8. The van der Waals surface area contributed by atoms with Gasteiger partial charge in [-0.05, 0) is 48.6 Å². The molecule has 1 aliphatic carbocycles. The first-order valence-electron chi connectivity index (χ1n) is 8.15. The molecule has 20 heavy (non-hydrogen) atoms. The van der Waals surface area contributed by atoms with E-state index in [2.05, 4.69) is 49.9 Å². The zero-order chi connectivity index (χ0) is 14.3. The minimum atomic E-state index is 0.445. The number of nitrogens with zero attached hydrogens (tertiary/aromatic N) is 1. The molecule has 2 aliphatic rings. The molecule has 2 nitrogen and oxygen atoms in total. The molecule has 4 unspecified atom stereocenters. The standard InChI is InChI=1S/C18H28N2/c1-12(2)14-4-6-15(7-5-14)13(3)20-10-16-8-9-18(19)17(16)11-20/h4-7,12-13,16-18H,8-11,19H2,1-3H3. The Bertz CT molecular complexity index is 451. The van der Waals surface area contributed by atoms with Gasteiger partial charge in [-0.3, -0.25) is 4.90 Å². The van der Waals surface area contributed by atoms with Crippen molar-refractivity contribution in [2.45, 2.75) is 51.6 Å². The van der Waals surface area contributed by atoms with E-state index in [0.29, 0.717) is 18.0 Å². The van der Waals surface area contributed by atoms with Crippen molar-refractivity contribution in [2.24, 2.45) is 17.6 Å². The Morgan fingerprint density at radius 2 is 1.65 bits per heavy atom. The van der Waals surface area contributed by atoms with Crippen molar-refractivity contribution in [3.8, 4) is 0 Å². The SMILES string of the molecule is CC(C)c1ccc(C(C)N2CC3CCC(N)C3C2)cc1. The summed E-state index contributed by atoms with van der Waals surface area (Å²) in [5, 5.41) is 0. The molecule has 110 valence electrons. The van der Waals surface area contributed by atoms with Gasteiger partial charge in [-0.1, -0.05) is 38.1 Å². The van der Waals surface area contributed by atoms with Gasteiger partial charge in [0, 0.05) is 25.2 Å². The molecule has 2 N–H and O–H groups in total. The van der Waals surface area contributed by atoms with Crippen molar-refractivity contribution in [1.82, 2.24) is 4.90 Å². The van der Waals surface area contributed by atoms with Crippen molar-refractivity contribution < 1.29 is 0 Å². The maximum absolute atomic E-state index is 6.25. The van der Waals surface area contributed by atoms with Crippen LogP contribution in [0.25, 0.3) is 0 Å². The van der Waals surface area contributed by atoms with Crippen molar-refractivity contribution in [2.75, 3.05) is 13.1 Å². The number of benzene rings is 1. The quantitative estimate of drug-likeness (QED) is 0.912. The largest absolute Gasteiger partial charge is 0.327 e. The second-order valence-electron chi connectivity index (χ2n) is 7.12. The van der Waals surface area contributed by atoms with Gasteiger partial charge < -0.3 is 5.73 Å². The summed E-state index contributed by atoms with van der Waals surface area (Å²) in [5.74, 6) is 2.21. The van der Waals surface area contributed by atoms with Crippen LogP contribution in [0.15, 0.2) is 24.3 Å². The van der Waals surface area contributed by atoms with Gasteiger partial charge >= 0.3 is 0 Å². The lowest BCUT2D eigenvalue weighted by molar-refractivity contribution is 0.239. The second kappa shape index (κ2) is 5.50. The first-order valence-corrected chi connectivity index (χ1v) is 8.15. The molecule has 0 spiro atoms. The van der Waals surface area contributed by atoms with E-state index >= 15 is 0 Å². The van der Waals surface area contributed by atoms with Gasteiger partial charge in [-0.25, -0.2) is 0 Å². The number of nitrogens with two attached hydrogens (primary N) is 1. The molecule has 3 rings (SSSR count). The Morgan fingerprint density at radius 3 is 2.25 bits per heavy atom. The molecule has 2 heteroatoms. The fourth-order valence-electron chi connectivity index (χ4n) is 4.03. The molecule has 2 fully saturated rings. The highest BCUT2D eigenvalue weighted by atomic mass is 15.2. The average molecular weight is 272 g/mol. The Morgan fingerprint density at radius 1 is 1.00 bits per heavy atom. The Labute approximate surface area is 123 Å². The molecule has 1 saturated heterocycles. The summed E-state index contributed by atoms with van der Waals surface area (Å²) < 4.78 is 0. The van der Waals surface area contributed by atoms with Gasteiger partial charge in [0.1, 0.15) is 0 Å². The van der Waals surface area contributed by atoms with Gasteiger partial charge in [0.05, 0.1) is 0 Å². The van der Waals surface area contributed by atoms with Crippen molar-refractivity contribution in [1.29, 1.82) is 0 Å². The van der Waals surface area contributed by atoms with E-state index < -0.39 is 0 Å². The summed E-state index contributed by atoms with van der Waals surface area (Å²) >= 11 is 0. The molecule has 1 aliphatic heterocycles. The van der Waals surface area contributed by atoms with E-state index in [1.165, 1.54) is 37.1 Å². The third kappa shape index (κ3) is 2.51. The predicted molar refractivity (Wildman–Crippen MR) is 84.7 cm³/mol. The Kier molecular flexibility index (Phi) is 3.87. The molecule has 0 radical (unpaired) electrons. The van der Waals surface area contributed by atoms with E-state index in [0.717, 1.165) is 11.8 Å². The third-order valence-corrected chi connectivity index (χ3v) is 5.57. The van der Waals surface area contributed by atoms with Crippen LogP contribution in [0.1, 0.15) is 56.7 Å². The lowest BCUT2D eigenvalue weighted by Gasteiger charge is -2.26. The zero-order valence-corrected chi connectivity index (χ0v) is 13.0. The van der Waals surface area contributed by atoms with E-state index in [1.807, 2.05) is 0 Å². The molecule has 0 bridgehead atoms. The lowest BCUT2D eigenvalue weighted by Crippen LogP contribution is -2.31. The van der Waals surface area contributed by atoms with Crippen LogP contribution < -0.4 is 5.73 Å². The van der Waals surface area contributed by atoms with Gasteiger partial charge in [0.2, 0.25) is 0 Å². The number of fused-ring (bicyclic) bond motifs is 1. The summed E-state index contributed by atoms with van der Waals surface area (Å²) in [4.78, 5) is 2.64. The van der Waals surface area contributed by atoms with E-state index in [-0.39, 0.29) is 0 Å². The van der Waals surface area contributed by atoms with E-state index in [1.54, 1.807) is 0 Å². The fraction of sp³-hybridized carbons (Fsp3) is 0.667. The summed E-state index contributed by atoms with van der Waals surface area (Å²) in [6.07, 6.45) is 2.57. The van der Waals surface area contributed by atoms with Crippen LogP contribution in [0.5, 0.6) is 0 Å². The molecule has 1 heterocycles. The first kappa shape index (κ1) is 14.1. The highest BCUT2D eigenvalue weighted by Gasteiger charge is 2.42. The molecular formula is C18H28N2. The second-order valence-corrected chi connectivity index (χ2v) is 7.12. The first-order chi connectivity index (χ1) is 9.56. The van der Waals surface area contributed by atoms with Crippen LogP contribution in [-0.4, -0.2) is 24.0 Å². The fourth-order valence-corrected chi connectivity index (χ4v) is 4.03. The smallest absolute Gasteiger partial charge is 0.0320 e. The van der Waals surface area contributed by atoms with Crippen molar-refractivity contribution in [3.05, 3.63) is 35.4 Å². The van der Waals surface area contributed by atoms with Gasteiger partial charge in [-0.2, -0.15) is 0 Å². The molecule has 0 amide bonds. The summed E-state index contributed by atoms with van der Waals surface area (Å²) in [7, 11) is 0. The molecule has 1 aromatic carbocycles. The van der Waals surface area contributed by atoms with Gasteiger partial charge in [0.25, 0.3) is 0 Å². The topological polar surface area (TPSA) is 29.3 Å². The van der Waals surface area contributed by atoms with Crippen LogP contribution in [0, 0.1) is 11.8 Å². The summed E-state index contributed by atoms with van der Waals surface area (Å²) in [6, 6.07) is 10.2. The maximum Gasteiger partial charge on any atom is 0.0320 e. The third-order valence-electron chi connectivity index (χ3n) is 5.57. The van der Waals surface area contributed by atoms with Gasteiger partial charge in [-0.15, -0.1) is 0 Å². The van der Waals surface area contributed by atoms with Crippen molar-refractivity contribution >= 4 is 0 Å². The lowest BCUT2D eigenvalue weighted by atomic mass is 9.98. The Hall–Kier alpha value is -0.860. The predicted octanol–water partition coefficient (Wildman–Crippen LogP) is 3.54. The highest BCUT2D eigenvalue weighted by molar-refractivity contribution is 5.27. The molecule has 4 atom stereocenters. The minimum absolute atomic E-state index is 0.445. The van der Waals surface area contributed by atoms with Crippen LogP contribution in [0.4, 0.5) is 0 Å². The van der Waals surface area contributed by atoms with E-state index in [4.69, 9.17) is 5.73 Å². The molecule has 1 saturated carbocycles. The number of likely N-dealkylation sites (tertiary alicyclic amines) is 1. The van der Waals surface area contributed by atoms with Crippen LogP contribution in [0.2, 0.25) is 0 Å². The average Bonchev–Trinajstić information content (AvgIpc) is 3.01. The molecule has 1 aromatic rings. The van der Waals surface area contributed by atoms with Crippen molar-refractivity contribution in [3.63, 3.8) is 0 Å². The van der Waals surface area contributed by atoms with E-state index in [9.17, 15) is 0 Å². The monoisotopic (exact) mass is 272 g/mol. The Balaban J connectivity index is 1.69. The van der Waals surface area contributed by atoms with Crippen LogP contribution in [-0.2, 0) is 0 Å². The maximum atomic E-state index is 6.25. The highest BCUT2D eigenvalue weighted by Crippen LogP contribution is 2.40. The number of rotatable bonds is 3. The van der Waals surface area contributed by atoms with Crippen LogP contribution in [0.3, 0.4) is 0 Å².